The first-order valence-electron chi connectivity index (χ1n) is 9.09. The Balaban J connectivity index is 1.80. The molecule has 31 heavy (non-hydrogen) atoms. The van der Waals surface area contributed by atoms with Crippen molar-refractivity contribution in [1.29, 1.82) is 0 Å². The summed E-state index contributed by atoms with van der Waals surface area (Å²) in [6.07, 6.45) is 3.01. The van der Waals surface area contributed by atoms with Crippen LogP contribution in [0.2, 0.25) is 10.0 Å². The second kappa shape index (κ2) is 10.00. The molecule has 0 spiro atoms. The predicted molar refractivity (Wildman–Crippen MR) is 121 cm³/mol. The first kappa shape index (κ1) is 22.9. The van der Waals surface area contributed by atoms with Crippen LogP contribution in [-0.4, -0.2) is 33.1 Å². The van der Waals surface area contributed by atoms with Gasteiger partial charge in [-0.3, -0.25) is 4.98 Å². The number of anilines is 1. The van der Waals surface area contributed by atoms with Crippen molar-refractivity contribution in [2.24, 2.45) is 0 Å². The van der Waals surface area contributed by atoms with Crippen molar-refractivity contribution in [3.63, 3.8) is 0 Å². The first-order valence-corrected chi connectivity index (χ1v) is 11.4. The van der Waals surface area contributed by atoms with Gasteiger partial charge in [-0.2, -0.15) is 0 Å². The summed E-state index contributed by atoms with van der Waals surface area (Å²) in [6, 6.07) is 13.4. The van der Waals surface area contributed by atoms with Gasteiger partial charge in [0.05, 0.1) is 22.1 Å². The molecule has 2 aromatic carbocycles. The molecule has 0 saturated heterocycles. The fourth-order valence-electron chi connectivity index (χ4n) is 2.84. The standard InChI is InChI=1S/C21H19Cl2N3O4S/c1-30-16-5-7-17(8-6-16)31(28,29)20(14-3-2-10-24-12-14)13-25-21(27)26-15-4-9-18(22)19(23)11-15/h2-12,20H,13H2,1H3,(H2,25,26,27). The molecule has 0 bridgehead atoms. The number of halogens is 2. The number of rotatable bonds is 7. The zero-order valence-corrected chi connectivity index (χ0v) is 18.7. The summed E-state index contributed by atoms with van der Waals surface area (Å²) in [5.41, 5.74) is 0.871. The lowest BCUT2D eigenvalue weighted by Crippen LogP contribution is -2.35. The fraction of sp³-hybridized carbons (Fsp3) is 0.143. The van der Waals surface area contributed by atoms with Crippen molar-refractivity contribution in [2.45, 2.75) is 10.1 Å². The SMILES string of the molecule is COc1ccc(S(=O)(=O)C(CNC(=O)Nc2ccc(Cl)c(Cl)c2)c2cccnc2)cc1. The number of benzene rings is 2. The molecule has 10 heteroatoms. The molecular weight excluding hydrogens is 461 g/mol. The van der Waals surface area contributed by atoms with Gasteiger partial charge in [-0.1, -0.05) is 29.3 Å². The Kier molecular flexibility index (Phi) is 7.37. The van der Waals surface area contributed by atoms with Crippen LogP contribution in [0.3, 0.4) is 0 Å². The molecule has 0 aliphatic heterocycles. The highest BCUT2D eigenvalue weighted by molar-refractivity contribution is 7.91. The summed E-state index contributed by atoms with van der Waals surface area (Å²) < 4.78 is 31.7. The van der Waals surface area contributed by atoms with Gasteiger partial charge in [0.2, 0.25) is 0 Å². The van der Waals surface area contributed by atoms with Crippen LogP contribution in [-0.2, 0) is 9.84 Å². The van der Waals surface area contributed by atoms with Crippen LogP contribution in [0.15, 0.2) is 71.9 Å². The number of nitrogens with zero attached hydrogens (tertiary/aromatic N) is 1. The molecule has 0 saturated carbocycles. The van der Waals surface area contributed by atoms with E-state index >= 15 is 0 Å². The van der Waals surface area contributed by atoms with Crippen molar-refractivity contribution >= 4 is 44.8 Å². The van der Waals surface area contributed by atoms with E-state index in [1.54, 1.807) is 42.6 Å². The fourth-order valence-corrected chi connectivity index (χ4v) is 4.78. The van der Waals surface area contributed by atoms with Crippen LogP contribution in [0.5, 0.6) is 5.75 Å². The van der Waals surface area contributed by atoms with Gasteiger partial charge in [-0.25, -0.2) is 13.2 Å². The zero-order chi connectivity index (χ0) is 22.4. The first-order chi connectivity index (χ1) is 14.8. The van der Waals surface area contributed by atoms with Crippen molar-refractivity contribution in [1.82, 2.24) is 10.3 Å². The molecule has 0 fully saturated rings. The van der Waals surface area contributed by atoms with Gasteiger partial charge < -0.3 is 15.4 Å². The number of carbonyl (C=O) groups excluding carboxylic acids is 1. The highest BCUT2D eigenvalue weighted by Gasteiger charge is 2.30. The minimum atomic E-state index is -3.84. The van der Waals surface area contributed by atoms with Crippen LogP contribution < -0.4 is 15.4 Å². The van der Waals surface area contributed by atoms with E-state index in [-0.39, 0.29) is 16.5 Å². The van der Waals surface area contributed by atoms with Gasteiger partial charge in [0, 0.05) is 24.6 Å². The van der Waals surface area contributed by atoms with Crippen LogP contribution in [0.25, 0.3) is 0 Å². The maximum absolute atomic E-state index is 13.3. The summed E-state index contributed by atoms with van der Waals surface area (Å²) >= 11 is 11.8. The van der Waals surface area contributed by atoms with Gasteiger partial charge in [-0.05, 0) is 54.1 Å². The number of sulfone groups is 1. The van der Waals surface area contributed by atoms with E-state index in [0.717, 1.165) is 0 Å². The minimum Gasteiger partial charge on any atom is -0.497 e. The Morgan fingerprint density at radius 2 is 1.84 bits per heavy atom. The molecule has 1 heterocycles. The molecule has 162 valence electrons. The lowest BCUT2D eigenvalue weighted by molar-refractivity contribution is 0.252. The molecule has 0 aliphatic carbocycles. The van der Waals surface area contributed by atoms with Crippen LogP contribution in [0, 0.1) is 0 Å². The zero-order valence-electron chi connectivity index (χ0n) is 16.4. The quantitative estimate of drug-likeness (QED) is 0.510. The van der Waals surface area contributed by atoms with Crippen molar-refractivity contribution in [3.05, 3.63) is 82.6 Å². The number of hydrogen-bond acceptors (Lipinski definition) is 5. The van der Waals surface area contributed by atoms with E-state index < -0.39 is 21.1 Å². The summed E-state index contributed by atoms with van der Waals surface area (Å²) in [4.78, 5) is 16.5. The largest absolute Gasteiger partial charge is 0.497 e. The average molecular weight is 480 g/mol. The Bertz CT molecular complexity index is 1160. The topological polar surface area (TPSA) is 97.4 Å². The molecule has 1 unspecified atom stereocenters. The lowest BCUT2D eigenvalue weighted by Gasteiger charge is -2.19. The molecule has 2 N–H and O–H groups in total. The molecule has 1 aromatic heterocycles. The normalized spacial score (nSPS) is 12.1. The molecule has 2 amide bonds. The van der Waals surface area contributed by atoms with E-state index in [1.807, 2.05) is 0 Å². The monoisotopic (exact) mass is 479 g/mol. The molecular formula is C21H19Cl2N3O4S. The summed E-state index contributed by atoms with van der Waals surface area (Å²) in [5.74, 6) is 0.538. The van der Waals surface area contributed by atoms with Crippen LogP contribution >= 0.6 is 23.2 Å². The Labute approximate surface area is 190 Å². The van der Waals surface area contributed by atoms with Crippen LogP contribution in [0.1, 0.15) is 10.8 Å². The third-order valence-electron chi connectivity index (χ3n) is 4.44. The highest BCUT2D eigenvalue weighted by Crippen LogP contribution is 2.29. The van der Waals surface area contributed by atoms with E-state index in [9.17, 15) is 13.2 Å². The molecule has 0 radical (unpaired) electrons. The maximum atomic E-state index is 13.3. The molecule has 3 rings (SSSR count). The van der Waals surface area contributed by atoms with E-state index in [2.05, 4.69) is 15.6 Å². The van der Waals surface area contributed by atoms with Gasteiger partial charge >= 0.3 is 6.03 Å². The molecule has 0 aliphatic rings. The minimum absolute atomic E-state index is 0.105. The summed E-state index contributed by atoms with van der Waals surface area (Å²) in [6.45, 7) is -0.173. The summed E-state index contributed by atoms with van der Waals surface area (Å²) in [5, 5.41) is 4.80. The number of hydrogen-bond donors (Lipinski definition) is 2. The van der Waals surface area contributed by atoms with Crippen molar-refractivity contribution in [3.8, 4) is 5.75 Å². The Morgan fingerprint density at radius 3 is 2.45 bits per heavy atom. The van der Waals surface area contributed by atoms with Gasteiger partial charge in [0.25, 0.3) is 0 Å². The second-order valence-electron chi connectivity index (χ2n) is 6.46. The smallest absolute Gasteiger partial charge is 0.319 e. The number of methoxy groups -OCH3 is 1. The Morgan fingerprint density at radius 1 is 1.10 bits per heavy atom. The highest BCUT2D eigenvalue weighted by atomic mass is 35.5. The Hall–Kier alpha value is -2.81. The third kappa shape index (κ3) is 5.66. The number of carbonyl (C=O) groups is 1. The van der Waals surface area contributed by atoms with Crippen molar-refractivity contribution < 1.29 is 17.9 Å². The maximum Gasteiger partial charge on any atom is 0.319 e. The summed E-state index contributed by atoms with van der Waals surface area (Å²) in [7, 11) is -2.34. The van der Waals surface area contributed by atoms with Gasteiger partial charge in [0.1, 0.15) is 11.0 Å². The van der Waals surface area contributed by atoms with E-state index in [1.165, 1.54) is 31.5 Å². The predicted octanol–water partition coefficient (Wildman–Crippen LogP) is 4.73. The average Bonchev–Trinajstić information content (AvgIpc) is 2.77. The number of pyridine rings is 1. The number of nitrogens with one attached hydrogen (secondary N) is 2. The lowest BCUT2D eigenvalue weighted by atomic mass is 10.2. The number of urea groups is 1. The van der Waals surface area contributed by atoms with Crippen LogP contribution in [0.4, 0.5) is 10.5 Å². The number of aromatic nitrogens is 1. The number of ether oxygens (including phenoxy) is 1. The van der Waals surface area contributed by atoms with Gasteiger partial charge in [-0.15, -0.1) is 0 Å². The third-order valence-corrected chi connectivity index (χ3v) is 7.30. The van der Waals surface area contributed by atoms with Crippen molar-refractivity contribution in [2.75, 3.05) is 19.0 Å². The molecule has 1 atom stereocenters. The van der Waals surface area contributed by atoms with E-state index in [4.69, 9.17) is 27.9 Å². The molecule has 7 nitrogen and oxygen atoms in total. The van der Waals surface area contributed by atoms with E-state index in [0.29, 0.717) is 22.0 Å². The molecule has 3 aromatic rings. The number of amides is 2. The second-order valence-corrected chi connectivity index (χ2v) is 9.40. The van der Waals surface area contributed by atoms with Gasteiger partial charge in [0.15, 0.2) is 9.84 Å².